The van der Waals surface area contributed by atoms with Crippen molar-refractivity contribution in [1.82, 2.24) is 15.1 Å². The van der Waals surface area contributed by atoms with Crippen LogP contribution in [0, 0.1) is 5.92 Å². The van der Waals surface area contributed by atoms with Crippen LogP contribution in [0.2, 0.25) is 0 Å². The second-order valence-corrected chi connectivity index (χ2v) is 10.1. The van der Waals surface area contributed by atoms with Gasteiger partial charge in [0.1, 0.15) is 0 Å². The number of piperazine rings is 1. The SMILES string of the molecule is CCNC(=NCC1CCS(=O)(=O)C1)N1CCN(Cc2cccs2)CC1. The molecule has 1 N–H and O–H groups in total. The molecule has 2 saturated heterocycles. The van der Waals surface area contributed by atoms with Gasteiger partial charge < -0.3 is 10.2 Å². The molecule has 140 valence electrons. The van der Waals surface area contributed by atoms with Crippen molar-refractivity contribution in [3.05, 3.63) is 22.4 Å². The molecule has 2 fully saturated rings. The molecule has 1 unspecified atom stereocenters. The summed E-state index contributed by atoms with van der Waals surface area (Å²) in [6, 6.07) is 4.30. The second kappa shape index (κ2) is 8.51. The van der Waals surface area contributed by atoms with E-state index in [1.54, 1.807) is 0 Å². The Balaban J connectivity index is 1.52. The monoisotopic (exact) mass is 384 g/mol. The smallest absolute Gasteiger partial charge is 0.194 e. The summed E-state index contributed by atoms with van der Waals surface area (Å²) in [6.45, 7) is 8.51. The molecule has 3 heterocycles. The topological polar surface area (TPSA) is 65.0 Å². The van der Waals surface area contributed by atoms with E-state index in [4.69, 9.17) is 4.99 Å². The first-order valence-electron chi connectivity index (χ1n) is 9.04. The molecule has 25 heavy (non-hydrogen) atoms. The van der Waals surface area contributed by atoms with Gasteiger partial charge >= 0.3 is 0 Å². The molecule has 0 aliphatic carbocycles. The molecule has 2 aliphatic heterocycles. The molecule has 3 rings (SSSR count). The van der Waals surface area contributed by atoms with Gasteiger partial charge in [-0.15, -0.1) is 11.3 Å². The maximum absolute atomic E-state index is 11.6. The van der Waals surface area contributed by atoms with E-state index in [9.17, 15) is 8.42 Å². The van der Waals surface area contributed by atoms with Crippen molar-refractivity contribution in [3.8, 4) is 0 Å². The predicted molar refractivity (Wildman–Crippen MR) is 104 cm³/mol. The molecule has 2 aliphatic rings. The van der Waals surface area contributed by atoms with Crippen LogP contribution in [-0.4, -0.2) is 75.0 Å². The van der Waals surface area contributed by atoms with Crippen LogP contribution in [0.25, 0.3) is 0 Å². The highest BCUT2D eigenvalue weighted by atomic mass is 32.2. The Kier molecular flexibility index (Phi) is 6.35. The van der Waals surface area contributed by atoms with Crippen molar-refractivity contribution in [1.29, 1.82) is 0 Å². The maximum Gasteiger partial charge on any atom is 0.194 e. The van der Waals surface area contributed by atoms with E-state index in [2.05, 4.69) is 39.6 Å². The largest absolute Gasteiger partial charge is 0.357 e. The first-order chi connectivity index (χ1) is 12.1. The highest BCUT2D eigenvalue weighted by Gasteiger charge is 2.28. The van der Waals surface area contributed by atoms with Crippen molar-refractivity contribution in [3.63, 3.8) is 0 Å². The van der Waals surface area contributed by atoms with Gasteiger partial charge in [0, 0.05) is 50.7 Å². The standard InChI is InChI=1S/C17H28N4O2S2/c1-2-18-17(19-12-15-5-11-25(22,23)14-15)21-8-6-20(7-9-21)13-16-4-3-10-24-16/h3-4,10,15H,2,5-9,11-14H2,1H3,(H,18,19). The fourth-order valence-electron chi connectivity index (χ4n) is 3.40. The predicted octanol–water partition coefficient (Wildman–Crippen LogP) is 1.27. The van der Waals surface area contributed by atoms with E-state index < -0.39 is 9.84 Å². The number of guanidine groups is 1. The molecular formula is C17H28N4O2S2. The lowest BCUT2D eigenvalue weighted by Gasteiger charge is -2.36. The maximum atomic E-state index is 11.6. The van der Waals surface area contributed by atoms with Gasteiger partial charge in [0.25, 0.3) is 0 Å². The van der Waals surface area contributed by atoms with Gasteiger partial charge in [0.2, 0.25) is 0 Å². The number of nitrogens with zero attached hydrogens (tertiary/aromatic N) is 3. The van der Waals surface area contributed by atoms with E-state index in [0.29, 0.717) is 18.1 Å². The van der Waals surface area contributed by atoms with Crippen LogP contribution in [0.5, 0.6) is 0 Å². The molecule has 0 spiro atoms. The number of sulfone groups is 1. The second-order valence-electron chi connectivity index (χ2n) is 6.81. The zero-order chi connectivity index (χ0) is 17.7. The normalized spacial score (nSPS) is 24.6. The van der Waals surface area contributed by atoms with Crippen molar-refractivity contribution >= 4 is 27.1 Å². The van der Waals surface area contributed by atoms with Gasteiger partial charge in [-0.1, -0.05) is 6.07 Å². The van der Waals surface area contributed by atoms with Gasteiger partial charge in [-0.05, 0) is 30.7 Å². The van der Waals surface area contributed by atoms with Gasteiger partial charge in [-0.3, -0.25) is 9.89 Å². The highest BCUT2D eigenvalue weighted by Crippen LogP contribution is 2.19. The number of hydrogen-bond donors (Lipinski definition) is 1. The lowest BCUT2D eigenvalue weighted by atomic mass is 10.1. The van der Waals surface area contributed by atoms with Crippen LogP contribution >= 0.6 is 11.3 Å². The Hall–Kier alpha value is -1.12. The number of nitrogens with one attached hydrogen (secondary N) is 1. The van der Waals surface area contributed by atoms with Crippen LogP contribution in [0.4, 0.5) is 0 Å². The van der Waals surface area contributed by atoms with Gasteiger partial charge in [0.05, 0.1) is 11.5 Å². The summed E-state index contributed by atoms with van der Waals surface area (Å²) in [4.78, 5) is 10.9. The van der Waals surface area contributed by atoms with Crippen molar-refractivity contribution in [2.24, 2.45) is 10.9 Å². The molecular weight excluding hydrogens is 356 g/mol. The number of thiophene rings is 1. The van der Waals surface area contributed by atoms with E-state index in [-0.39, 0.29) is 5.92 Å². The summed E-state index contributed by atoms with van der Waals surface area (Å²) >= 11 is 1.81. The summed E-state index contributed by atoms with van der Waals surface area (Å²) in [5.74, 6) is 1.73. The fourth-order valence-corrected chi connectivity index (χ4v) is 5.99. The summed E-state index contributed by atoms with van der Waals surface area (Å²) in [5, 5.41) is 5.50. The van der Waals surface area contributed by atoms with Gasteiger partial charge in [0.15, 0.2) is 15.8 Å². The van der Waals surface area contributed by atoms with Crippen LogP contribution in [0.1, 0.15) is 18.2 Å². The fraction of sp³-hybridized carbons (Fsp3) is 0.706. The number of rotatable bonds is 5. The first kappa shape index (κ1) is 18.7. The Morgan fingerprint density at radius 3 is 2.76 bits per heavy atom. The molecule has 1 aromatic heterocycles. The molecule has 0 bridgehead atoms. The van der Waals surface area contributed by atoms with Gasteiger partial charge in [-0.2, -0.15) is 0 Å². The molecule has 8 heteroatoms. The molecule has 0 amide bonds. The number of hydrogen-bond acceptors (Lipinski definition) is 5. The van der Waals surface area contributed by atoms with E-state index in [0.717, 1.165) is 51.6 Å². The van der Waals surface area contributed by atoms with Crippen molar-refractivity contribution in [2.45, 2.75) is 19.9 Å². The molecule has 0 saturated carbocycles. The zero-order valence-electron chi connectivity index (χ0n) is 14.9. The average molecular weight is 385 g/mol. The van der Waals surface area contributed by atoms with Crippen LogP contribution in [0.3, 0.4) is 0 Å². The molecule has 0 aromatic carbocycles. The first-order valence-corrected chi connectivity index (χ1v) is 11.7. The Morgan fingerprint density at radius 1 is 1.36 bits per heavy atom. The van der Waals surface area contributed by atoms with Crippen molar-refractivity contribution < 1.29 is 8.42 Å². The third kappa shape index (κ3) is 5.43. The third-order valence-corrected chi connectivity index (χ3v) is 7.49. The van der Waals surface area contributed by atoms with E-state index >= 15 is 0 Å². The minimum Gasteiger partial charge on any atom is -0.357 e. The molecule has 1 atom stereocenters. The average Bonchev–Trinajstić information content (AvgIpc) is 3.21. The molecule has 1 aromatic rings. The van der Waals surface area contributed by atoms with Crippen LogP contribution in [0.15, 0.2) is 22.5 Å². The third-order valence-electron chi connectivity index (χ3n) is 4.79. The van der Waals surface area contributed by atoms with Gasteiger partial charge in [-0.25, -0.2) is 8.42 Å². The quantitative estimate of drug-likeness (QED) is 0.612. The lowest BCUT2D eigenvalue weighted by Crippen LogP contribution is -2.52. The minimum absolute atomic E-state index is 0.179. The minimum atomic E-state index is -2.82. The number of aliphatic imine (C=N–C) groups is 1. The summed E-state index contributed by atoms with van der Waals surface area (Å²) in [7, 11) is -2.82. The lowest BCUT2D eigenvalue weighted by molar-refractivity contribution is 0.173. The summed E-state index contributed by atoms with van der Waals surface area (Å²) in [6.07, 6.45) is 0.750. The Bertz CT molecular complexity index is 665. The summed E-state index contributed by atoms with van der Waals surface area (Å²) < 4.78 is 23.2. The molecule has 0 radical (unpaired) electrons. The van der Waals surface area contributed by atoms with Crippen molar-refractivity contribution in [2.75, 3.05) is 50.8 Å². The van der Waals surface area contributed by atoms with Crippen LogP contribution in [-0.2, 0) is 16.4 Å². The molecule has 6 nitrogen and oxygen atoms in total. The highest BCUT2D eigenvalue weighted by molar-refractivity contribution is 7.91. The Labute approximate surface area is 154 Å². The van der Waals surface area contributed by atoms with Crippen LogP contribution < -0.4 is 5.32 Å². The van der Waals surface area contributed by atoms with E-state index in [1.807, 2.05) is 11.3 Å². The Morgan fingerprint density at radius 2 is 2.16 bits per heavy atom. The van der Waals surface area contributed by atoms with E-state index in [1.165, 1.54) is 4.88 Å². The summed E-state index contributed by atoms with van der Waals surface area (Å²) in [5.41, 5.74) is 0. The zero-order valence-corrected chi connectivity index (χ0v) is 16.5.